The van der Waals surface area contributed by atoms with Crippen LogP contribution < -0.4 is 10.6 Å². The number of aliphatic imine (C=N–C) groups is 1. The predicted octanol–water partition coefficient (Wildman–Crippen LogP) is 0.752. The fourth-order valence-corrected chi connectivity index (χ4v) is 1.94. The van der Waals surface area contributed by atoms with E-state index in [1.807, 2.05) is 25.7 Å². The molecule has 0 aliphatic heterocycles. The van der Waals surface area contributed by atoms with Crippen LogP contribution in [0.15, 0.2) is 4.99 Å². The summed E-state index contributed by atoms with van der Waals surface area (Å²) < 4.78 is 0. The molecule has 0 radical (unpaired) electrons. The largest absolute Gasteiger partial charge is 0.357 e. The molecule has 0 unspecified atom stereocenters. The molecule has 6 heteroatoms. The lowest BCUT2D eigenvalue weighted by molar-refractivity contribution is -0.130. The fraction of sp³-hybridized carbons (Fsp3) is 0.867. The molecule has 0 saturated heterocycles. The quantitative estimate of drug-likeness (QED) is 0.355. The number of nitrogens with one attached hydrogen (secondary N) is 2. The second-order valence-electron chi connectivity index (χ2n) is 5.16. The van der Waals surface area contributed by atoms with Gasteiger partial charge < -0.3 is 20.4 Å². The smallest absolute Gasteiger partial charge is 0.224 e. The number of hydrogen-bond acceptors (Lipinski definition) is 3. The Kier molecular flexibility index (Phi) is 11.7. The third-order valence-electron chi connectivity index (χ3n) is 3.13. The van der Waals surface area contributed by atoms with Crippen molar-refractivity contribution in [1.29, 1.82) is 0 Å². The zero-order valence-electron chi connectivity index (χ0n) is 14.4. The van der Waals surface area contributed by atoms with Gasteiger partial charge in [0.15, 0.2) is 5.96 Å². The van der Waals surface area contributed by atoms with Crippen LogP contribution in [0.5, 0.6) is 0 Å². The molecule has 0 heterocycles. The molecule has 0 aromatic rings. The summed E-state index contributed by atoms with van der Waals surface area (Å²) in [6.45, 7) is 10.9. The summed E-state index contributed by atoms with van der Waals surface area (Å²) in [5.74, 6) is 0.986. The van der Waals surface area contributed by atoms with E-state index in [9.17, 15) is 4.79 Å². The molecule has 0 saturated carbocycles. The molecule has 0 rings (SSSR count). The predicted molar refractivity (Wildman–Crippen MR) is 89.7 cm³/mol. The molecule has 0 aliphatic rings. The molecule has 1 amide bonds. The summed E-state index contributed by atoms with van der Waals surface area (Å²) in [5.41, 5.74) is 0. The number of hydrogen-bond donors (Lipinski definition) is 2. The number of guanidine groups is 1. The van der Waals surface area contributed by atoms with Gasteiger partial charge in [0.25, 0.3) is 0 Å². The second-order valence-corrected chi connectivity index (χ2v) is 5.16. The zero-order chi connectivity index (χ0) is 16.1. The summed E-state index contributed by atoms with van der Waals surface area (Å²) in [6.07, 6.45) is 1.53. The Bertz CT molecular complexity index is 300. The molecule has 0 spiro atoms. The first-order chi connectivity index (χ1) is 10.0. The molecule has 0 bridgehead atoms. The summed E-state index contributed by atoms with van der Waals surface area (Å²) in [7, 11) is 4.12. The highest BCUT2D eigenvalue weighted by Crippen LogP contribution is 1.92. The van der Waals surface area contributed by atoms with Gasteiger partial charge in [-0.3, -0.25) is 9.79 Å². The Morgan fingerprint density at radius 2 is 1.76 bits per heavy atom. The summed E-state index contributed by atoms with van der Waals surface area (Å²) in [6, 6.07) is 0. The maximum atomic E-state index is 11.9. The lowest BCUT2D eigenvalue weighted by atomic mass is 10.3. The van der Waals surface area contributed by atoms with Gasteiger partial charge in [-0.1, -0.05) is 0 Å². The summed E-state index contributed by atoms with van der Waals surface area (Å²) in [5, 5.41) is 6.42. The average Bonchev–Trinajstić information content (AvgIpc) is 2.44. The van der Waals surface area contributed by atoms with E-state index in [-0.39, 0.29) is 5.91 Å². The second kappa shape index (κ2) is 12.4. The van der Waals surface area contributed by atoms with Crippen molar-refractivity contribution in [2.75, 3.05) is 53.4 Å². The molecule has 0 aliphatic carbocycles. The first-order valence-electron chi connectivity index (χ1n) is 7.99. The van der Waals surface area contributed by atoms with Gasteiger partial charge >= 0.3 is 0 Å². The summed E-state index contributed by atoms with van der Waals surface area (Å²) >= 11 is 0. The first-order valence-corrected chi connectivity index (χ1v) is 7.99. The van der Waals surface area contributed by atoms with Gasteiger partial charge in [-0.25, -0.2) is 0 Å². The van der Waals surface area contributed by atoms with Gasteiger partial charge in [-0.05, 0) is 47.8 Å². The van der Waals surface area contributed by atoms with E-state index in [1.165, 1.54) is 0 Å². The third-order valence-corrected chi connectivity index (χ3v) is 3.13. The Labute approximate surface area is 130 Å². The Morgan fingerprint density at radius 1 is 1.10 bits per heavy atom. The maximum absolute atomic E-state index is 11.9. The van der Waals surface area contributed by atoms with Crippen LogP contribution in [-0.4, -0.2) is 75.0 Å². The number of rotatable bonds is 10. The molecule has 0 atom stereocenters. The van der Waals surface area contributed by atoms with Crippen LogP contribution in [-0.2, 0) is 4.79 Å². The summed E-state index contributed by atoms with van der Waals surface area (Å²) in [4.78, 5) is 20.4. The van der Waals surface area contributed by atoms with Gasteiger partial charge in [-0.2, -0.15) is 0 Å². The monoisotopic (exact) mass is 299 g/mol. The third kappa shape index (κ3) is 10.1. The highest BCUT2D eigenvalue weighted by Gasteiger charge is 2.08. The minimum absolute atomic E-state index is 0.191. The van der Waals surface area contributed by atoms with E-state index >= 15 is 0 Å². The van der Waals surface area contributed by atoms with Crippen molar-refractivity contribution >= 4 is 11.9 Å². The Morgan fingerprint density at radius 3 is 2.29 bits per heavy atom. The van der Waals surface area contributed by atoms with Crippen molar-refractivity contribution in [3.05, 3.63) is 0 Å². The Balaban J connectivity index is 4.08. The van der Waals surface area contributed by atoms with Crippen LogP contribution in [0.1, 0.15) is 33.6 Å². The molecule has 2 N–H and O–H groups in total. The van der Waals surface area contributed by atoms with Crippen LogP contribution in [0.25, 0.3) is 0 Å². The first kappa shape index (κ1) is 19.7. The molecule has 6 nitrogen and oxygen atoms in total. The van der Waals surface area contributed by atoms with Crippen LogP contribution in [0.2, 0.25) is 0 Å². The van der Waals surface area contributed by atoms with Crippen LogP contribution in [0.4, 0.5) is 0 Å². The van der Waals surface area contributed by atoms with E-state index in [4.69, 9.17) is 0 Å². The van der Waals surface area contributed by atoms with Crippen molar-refractivity contribution in [3.63, 3.8) is 0 Å². The van der Waals surface area contributed by atoms with E-state index < -0.39 is 0 Å². The van der Waals surface area contributed by atoms with Crippen LogP contribution in [0, 0.1) is 0 Å². The van der Waals surface area contributed by atoms with Crippen LogP contribution in [0.3, 0.4) is 0 Å². The van der Waals surface area contributed by atoms with E-state index in [2.05, 4.69) is 34.6 Å². The number of carbonyl (C=O) groups is 1. The number of carbonyl (C=O) groups excluding carboxylic acids is 1. The topological polar surface area (TPSA) is 60.0 Å². The van der Waals surface area contributed by atoms with Gasteiger partial charge in [-0.15, -0.1) is 0 Å². The fourth-order valence-electron chi connectivity index (χ4n) is 1.94. The van der Waals surface area contributed by atoms with Crippen molar-refractivity contribution < 1.29 is 4.79 Å². The molecule has 0 aromatic heterocycles. The SMILES string of the molecule is CCNC(=NCCCN(C)C)NCCC(=O)N(CC)CC. The van der Waals surface area contributed by atoms with Crippen molar-refractivity contribution in [2.24, 2.45) is 4.99 Å². The van der Waals surface area contributed by atoms with Crippen molar-refractivity contribution in [1.82, 2.24) is 20.4 Å². The van der Waals surface area contributed by atoms with E-state index in [0.717, 1.165) is 45.1 Å². The van der Waals surface area contributed by atoms with Crippen molar-refractivity contribution in [2.45, 2.75) is 33.6 Å². The van der Waals surface area contributed by atoms with Gasteiger partial charge in [0, 0.05) is 39.1 Å². The van der Waals surface area contributed by atoms with Gasteiger partial charge in [0.05, 0.1) is 0 Å². The lowest BCUT2D eigenvalue weighted by Crippen LogP contribution is -2.40. The molecular formula is C15H33N5O. The highest BCUT2D eigenvalue weighted by molar-refractivity contribution is 5.81. The van der Waals surface area contributed by atoms with E-state index in [1.54, 1.807) is 0 Å². The molecular weight excluding hydrogens is 266 g/mol. The van der Waals surface area contributed by atoms with Gasteiger partial charge in [0.1, 0.15) is 0 Å². The zero-order valence-corrected chi connectivity index (χ0v) is 14.4. The van der Waals surface area contributed by atoms with E-state index in [0.29, 0.717) is 13.0 Å². The molecule has 0 aromatic carbocycles. The number of amides is 1. The number of nitrogens with zero attached hydrogens (tertiary/aromatic N) is 3. The normalized spacial score (nSPS) is 11.6. The standard InChI is InChI=1S/C15H33N5O/c1-6-16-15(17-11-9-13-19(4)5)18-12-10-14(21)20(7-2)8-3/h6-13H2,1-5H3,(H2,16,17,18). The van der Waals surface area contributed by atoms with Crippen LogP contribution >= 0.6 is 0 Å². The maximum Gasteiger partial charge on any atom is 0.224 e. The minimum Gasteiger partial charge on any atom is -0.357 e. The minimum atomic E-state index is 0.191. The van der Waals surface area contributed by atoms with Gasteiger partial charge in [0.2, 0.25) is 5.91 Å². The average molecular weight is 299 g/mol. The molecule has 0 fully saturated rings. The van der Waals surface area contributed by atoms with Crippen molar-refractivity contribution in [3.8, 4) is 0 Å². The molecule has 21 heavy (non-hydrogen) atoms. The Hall–Kier alpha value is -1.30. The molecule has 124 valence electrons. The highest BCUT2D eigenvalue weighted by atomic mass is 16.2. The lowest BCUT2D eigenvalue weighted by Gasteiger charge is -2.19.